The molecule has 0 aromatic heterocycles. The first-order valence-electron chi connectivity index (χ1n) is 12.8. The average molecular weight is 505 g/mol. The highest BCUT2D eigenvalue weighted by atomic mass is 16.7. The van der Waals surface area contributed by atoms with Crippen LogP contribution < -0.4 is 0 Å². The van der Waals surface area contributed by atoms with Crippen LogP contribution in [-0.4, -0.2) is 62.0 Å². The third-order valence-corrected chi connectivity index (χ3v) is 10.0. The van der Waals surface area contributed by atoms with Gasteiger partial charge in [-0.25, -0.2) is 0 Å². The fraction of sp³-hybridized carbons (Fsp3) is 0.778. The van der Waals surface area contributed by atoms with Crippen molar-refractivity contribution in [2.75, 3.05) is 13.7 Å². The topological polar surface area (TPSA) is 114 Å². The number of hydrogen-bond donors (Lipinski definition) is 0. The molecule has 36 heavy (non-hydrogen) atoms. The molecule has 198 valence electrons. The monoisotopic (exact) mass is 504 g/mol. The number of carbonyl (C=O) groups excluding carboxylic acids is 4. The van der Waals surface area contributed by atoms with Crippen LogP contribution in [0.15, 0.2) is 12.2 Å². The molecule has 9 heteroatoms. The maximum absolute atomic E-state index is 14.2. The Morgan fingerprint density at radius 2 is 1.67 bits per heavy atom. The van der Waals surface area contributed by atoms with Crippen LogP contribution in [0.4, 0.5) is 0 Å². The minimum absolute atomic E-state index is 0.0355. The molecule has 1 spiro atoms. The van der Waals surface area contributed by atoms with E-state index in [0.717, 1.165) is 19.3 Å². The van der Waals surface area contributed by atoms with E-state index in [1.807, 2.05) is 0 Å². The molecule has 0 radical (unpaired) electrons. The zero-order valence-corrected chi connectivity index (χ0v) is 21.7. The van der Waals surface area contributed by atoms with Gasteiger partial charge >= 0.3 is 17.9 Å². The number of fused-ring (bicyclic) bond motifs is 1. The molecule has 0 aromatic carbocycles. The summed E-state index contributed by atoms with van der Waals surface area (Å²) >= 11 is 0. The van der Waals surface area contributed by atoms with Crippen LogP contribution in [0.2, 0.25) is 0 Å². The predicted octanol–water partition coefficient (Wildman–Crippen LogP) is 2.74. The third kappa shape index (κ3) is 3.14. The maximum atomic E-state index is 14.2. The highest BCUT2D eigenvalue weighted by Gasteiger charge is 2.80. The van der Waals surface area contributed by atoms with Gasteiger partial charge in [-0.15, -0.1) is 0 Å². The van der Waals surface area contributed by atoms with Crippen LogP contribution in [0.5, 0.6) is 0 Å². The summed E-state index contributed by atoms with van der Waals surface area (Å²) in [4.78, 5) is 50.8. The van der Waals surface area contributed by atoms with E-state index >= 15 is 0 Å². The van der Waals surface area contributed by atoms with E-state index in [9.17, 15) is 19.2 Å². The molecular formula is C27H36O9. The van der Waals surface area contributed by atoms with Gasteiger partial charge in [-0.3, -0.25) is 19.2 Å². The second-order valence-electron chi connectivity index (χ2n) is 11.6. The Morgan fingerprint density at radius 1 is 1.00 bits per heavy atom. The molecule has 1 aliphatic heterocycles. The van der Waals surface area contributed by atoms with Gasteiger partial charge < -0.3 is 23.7 Å². The largest absolute Gasteiger partial charge is 0.462 e. The van der Waals surface area contributed by atoms with Crippen LogP contribution in [0.1, 0.15) is 59.8 Å². The summed E-state index contributed by atoms with van der Waals surface area (Å²) in [6.45, 7) is 10.5. The van der Waals surface area contributed by atoms with Crippen molar-refractivity contribution in [3.63, 3.8) is 0 Å². The van der Waals surface area contributed by atoms with Crippen LogP contribution in [-0.2, 0) is 42.9 Å². The summed E-state index contributed by atoms with van der Waals surface area (Å²) in [5.41, 5.74) is -1.94. The number of Topliss-reactive ketones (excluding diaryl/α,β-unsaturated/α-hetero) is 1. The molecule has 0 unspecified atom stereocenters. The molecule has 4 aliphatic carbocycles. The Bertz CT molecular complexity index is 1020. The van der Waals surface area contributed by atoms with Crippen LogP contribution >= 0.6 is 0 Å². The Hall–Kier alpha value is -2.26. The molecule has 10 atom stereocenters. The second kappa shape index (κ2) is 8.38. The molecule has 4 saturated carbocycles. The van der Waals surface area contributed by atoms with Gasteiger partial charge in [0.15, 0.2) is 5.78 Å². The molecule has 5 fully saturated rings. The smallest absolute Gasteiger partial charge is 0.304 e. The number of carbonyl (C=O) groups is 4. The van der Waals surface area contributed by atoms with Gasteiger partial charge in [0.25, 0.3) is 0 Å². The van der Waals surface area contributed by atoms with Crippen molar-refractivity contribution >= 4 is 23.7 Å². The number of ether oxygens (including phenoxy) is 5. The molecule has 1 heterocycles. The lowest BCUT2D eigenvalue weighted by Gasteiger charge is -2.70. The quantitative estimate of drug-likeness (QED) is 0.324. The van der Waals surface area contributed by atoms with Crippen molar-refractivity contribution in [2.45, 2.75) is 84.4 Å². The predicted molar refractivity (Wildman–Crippen MR) is 124 cm³/mol. The molecule has 1 saturated heterocycles. The molecular weight excluding hydrogens is 468 g/mol. The average Bonchev–Trinajstić information content (AvgIpc) is 2.91. The lowest BCUT2D eigenvalue weighted by molar-refractivity contribution is -0.346. The Kier molecular flexibility index (Phi) is 5.91. The second-order valence-corrected chi connectivity index (χ2v) is 11.6. The summed E-state index contributed by atoms with van der Waals surface area (Å²) < 4.78 is 30.0. The normalized spacial score (nSPS) is 46.9. The van der Waals surface area contributed by atoms with Gasteiger partial charge in [0.05, 0.1) is 12.7 Å². The summed E-state index contributed by atoms with van der Waals surface area (Å²) in [6, 6.07) is 0. The third-order valence-electron chi connectivity index (χ3n) is 10.0. The summed E-state index contributed by atoms with van der Waals surface area (Å²) in [5, 5.41) is 0. The Morgan fingerprint density at radius 3 is 2.28 bits per heavy atom. The van der Waals surface area contributed by atoms with Crippen molar-refractivity contribution in [1.29, 1.82) is 0 Å². The summed E-state index contributed by atoms with van der Waals surface area (Å²) in [6.07, 6.45) is 0.519. The van der Waals surface area contributed by atoms with Gasteiger partial charge in [0, 0.05) is 50.5 Å². The first-order chi connectivity index (χ1) is 16.9. The number of esters is 3. The van der Waals surface area contributed by atoms with Crippen LogP contribution in [0.3, 0.4) is 0 Å². The molecule has 5 rings (SSSR count). The highest BCUT2D eigenvalue weighted by molar-refractivity contribution is 6.05. The van der Waals surface area contributed by atoms with E-state index in [1.54, 1.807) is 7.11 Å². The summed E-state index contributed by atoms with van der Waals surface area (Å²) in [7, 11) is 1.57. The number of ketones is 1. The lowest BCUT2D eigenvalue weighted by atomic mass is 9.37. The van der Waals surface area contributed by atoms with E-state index in [1.165, 1.54) is 20.8 Å². The van der Waals surface area contributed by atoms with Gasteiger partial charge in [-0.1, -0.05) is 19.9 Å². The molecule has 4 bridgehead atoms. The van der Waals surface area contributed by atoms with Gasteiger partial charge in [-0.2, -0.15) is 0 Å². The van der Waals surface area contributed by atoms with Crippen molar-refractivity contribution in [2.24, 2.45) is 34.0 Å². The number of methoxy groups -OCH3 is 1. The van der Waals surface area contributed by atoms with E-state index < -0.39 is 70.6 Å². The van der Waals surface area contributed by atoms with Gasteiger partial charge in [0.2, 0.25) is 6.29 Å². The molecule has 0 aromatic rings. The van der Waals surface area contributed by atoms with Crippen molar-refractivity contribution in [3.8, 4) is 0 Å². The van der Waals surface area contributed by atoms with Crippen molar-refractivity contribution in [1.82, 2.24) is 0 Å². The minimum Gasteiger partial charge on any atom is -0.462 e. The van der Waals surface area contributed by atoms with E-state index in [2.05, 4.69) is 13.5 Å². The van der Waals surface area contributed by atoms with Gasteiger partial charge in [0.1, 0.15) is 17.6 Å². The van der Waals surface area contributed by atoms with E-state index in [4.69, 9.17) is 23.7 Å². The zero-order chi connectivity index (χ0) is 26.2. The van der Waals surface area contributed by atoms with E-state index in [-0.39, 0.29) is 18.3 Å². The zero-order valence-electron chi connectivity index (χ0n) is 21.7. The molecule has 0 N–H and O–H groups in total. The Labute approximate surface area is 211 Å². The van der Waals surface area contributed by atoms with E-state index in [0.29, 0.717) is 18.4 Å². The standard InChI is InChI=1S/C27H36O9/c1-13-17-10-18(34-14(2)28)21-26-9-7-8-25(5,24(33-12-26)36-16(4)30)19(26)11-20(32-6)27(21,22(13)31)23(17)35-15(3)29/h17-21,23-24H,1,7-12H2,2-6H3/t17-,18+,19-,20+,21+,23-,24+,25-,26+,27-/m1/s1. The lowest BCUT2D eigenvalue weighted by Crippen LogP contribution is -2.75. The summed E-state index contributed by atoms with van der Waals surface area (Å²) in [5.74, 6) is -2.50. The Balaban J connectivity index is 1.72. The molecule has 5 aliphatic rings. The first kappa shape index (κ1) is 25.4. The number of hydrogen-bond acceptors (Lipinski definition) is 9. The number of rotatable bonds is 4. The minimum atomic E-state index is -1.24. The van der Waals surface area contributed by atoms with Crippen LogP contribution in [0.25, 0.3) is 0 Å². The van der Waals surface area contributed by atoms with Crippen LogP contribution in [0, 0.1) is 34.0 Å². The first-order valence-corrected chi connectivity index (χ1v) is 12.8. The SMILES string of the molecule is C=C1C(=O)[C@@]23[C@@H](OC)C[C@@H]4[C@@]5(C)CCC[C@@]4(CO[C@H]5OC(C)=O)[C@@H]2[C@@H](OC(C)=O)C[C@H]1[C@H]3OC(C)=O. The highest BCUT2D eigenvalue weighted by Crippen LogP contribution is 2.74. The molecule has 0 amide bonds. The molecule has 9 nitrogen and oxygen atoms in total. The fourth-order valence-corrected chi connectivity index (χ4v) is 9.10. The van der Waals surface area contributed by atoms with Crippen molar-refractivity contribution in [3.05, 3.63) is 12.2 Å². The van der Waals surface area contributed by atoms with Crippen molar-refractivity contribution < 1.29 is 42.9 Å². The van der Waals surface area contributed by atoms with Gasteiger partial charge in [-0.05, 0) is 37.2 Å². The maximum Gasteiger partial charge on any atom is 0.304 e. The fourth-order valence-electron chi connectivity index (χ4n) is 9.10.